The highest BCUT2D eigenvalue weighted by Crippen LogP contribution is 1.89. The molecule has 0 fully saturated rings. The van der Waals surface area contributed by atoms with Gasteiger partial charge in [0.05, 0.1) is 0 Å². The van der Waals surface area contributed by atoms with Gasteiger partial charge in [0.15, 0.2) is 0 Å². The van der Waals surface area contributed by atoms with Crippen LogP contribution in [0.3, 0.4) is 0 Å². The largest absolute Gasteiger partial charge is 0.361 e. The minimum Gasteiger partial charge on any atom is -0.361 e. The summed E-state index contributed by atoms with van der Waals surface area (Å²) in [6.07, 6.45) is 4.41. The Labute approximate surface area is 62.8 Å². The summed E-state index contributed by atoms with van der Waals surface area (Å²) < 4.78 is 5.21. The highest BCUT2D eigenvalue weighted by molar-refractivity contribution is 4.77. The SMILES string of the molecule is C=CN(C=C)COCCC. The molecule has 0 aromatic heterocycles. The summed E-state index contributed by atoms with van der Waals surface area (Å²) in [6.45, 7) is 10.6. The fourth-order valence-electron chi connectivity index (χ4n) is 0.494. The molecule has 0 atom stereocenters. The second-order valence-electron chi connectivity index (χ2n) is 1.92. The van der Waals surface area contributed by atoms with Crippen LogP contribution in [-0.2, 0) is 4.74 Å². The van der Waals surface area contributed by atoms with Gasteiger partial charge >= 0.3 is 0 Å². The third-order valence-corrected chi connectivity index (χ3v) is 1.06. The Morgan fingerprint density at radius 3 is 2.40 bits per heavy atom. The van der Waals surface area contributed by atoms with Gasteiger partial charge in [-0.15, -0.1) is 0 Å². The smallest absolute Gasteiger partial charge is 0.122 e. The molecule has 0 radical (unpaired) electrons. The molecule has 0 aliphatic heterocycles. The summed E-state index contributed by atoms with van der Waals surface area (Å²) in [4.78, 5) is 1.79. The van der Waals surface area contributed by atoms with Gasteiger partial charge in [-0.25, -0.2) is 0 Å². The first-order valence-corrected chi connectivity index (χ1v) is 3.43. The first-order valence-electron chi connectivity index (χ1n) is 3.43. The summed E-state index contributed by atoms with van der Waals surface area (Å²) in [5.74, 6) is 0. The molecule has 0 unspecified atom stereocenters. The zero-order chi connectivity index (χ0) is 7.82. The summed E-state index contributed by atoms with van der Waals surface area (Å²) in [7, 11) is 0. The van der Waals surface area contributed by atoms with E-state index in [1.165, 1.54) is 0 Å². The van der Waals surface area contributed by atoms with Crippen LogP contribution >= 0.6 is 0 Å². The molecule has 0 amide bonds. The fourth-order valence-corrected chi connectivity index (χ4v) is 0.494. The van der Waals surface area contributed by atoms with Crippen LogP contribution < -0.4 is 0 Å². The van der Waals surface area contributed by atoms with Crippen molar-refractivity contribution in [3.05, 3.63) is 25.6 Å². The molecule has 2 heteroatoms. The number of hydrogen-bond donors (Lipinski definition) is 0. The van der Waals surface area contributed by atoms with E-state index in [9.17, 15) is 0 Å². The normalized spacial score (nSPS) is 8.90. The number of rotatable bonds is 6. The number of ether oxygens (including phenoxy) is 1. The van der Waals surface area contributed by atoms with Gasteiger partial charge in [-0.05, 0) is 18.8 Å². The quantitative estimate of drug-likeness (QED) is 0.414. The van der Waals surface area contributed by atoms with Crippen LogP contribution in [0.5, 0.6) is 0 Å². The van der Waals surface area contributed by atoms with Crippen LogP contribution in [0.2, 0.25) is 0 Å². The van der Waals surface area contributed by atoms with E-state index in [0.717, 1.165) is 13.0 Å². The average molecular weight is 141 g/mol. The lowest BCUT2D eigenvalue weighted by atomic mass is 10.5. The highest BCUT2D eigenvalue weighted by atomic mass is 16.5. The molecule has 0 bridgehead atoms. The predicted octanol–water partition coefficient (Wildman–Crippen LogP) is 1.96. The first kappa shape index (κ1) is 9.24. The standard InChI is InChI=1S/C8H15NO/c1-4-7-10-8-9(5-2)6-3/h5-6H,2-4,7-8H2,1H3. The molecule has 0 heterocycles. The summed E-state index contributed by atoms with van der Waals surface area (Å²) >= 11 is 0. The topological polar surface area (TPSA) is 12.5 Å². The Hall–Kier alpha value is -0.760. The van der Waals surface area contributed by atoms with Crippen molar-refractivity contribution >= 4 is 0 Å². The Morgan fingerprint density at radius 1 is 1.40 bits per heavy atom. The van der Waals surface area contributed by atoms with E-state index in [4.69, 9.17) is 4.74 Å². The Bertz CT molecular complexity index is 93.4. The van der Waals surface area contributed by atoms with Gasteiger partial charge in [-0.2, -0.15) is 0 Å². The van der Waals surface area contributed by atoms with Crippen LogP contribution in [0.25, 0.3) is 0 Å². The second kappa shape index (κ2) is 6.36. The molecule has 10 heavy (non-hydrogen) atoms. The van der Waals surface area contributed by atoms with Gasteiger partial charge in [-0.1, -0.05) is 20.1 Å². The van der Waals surface area contributed by atoms with Crippen molar-refractivity contribution in [3.8, 4) is 0 Å². The second-order valence-corrected chi connectivity index (χ2v) is 1.92. The number of nitrogens with zero attached hydrogens (tertiary/aromatic N) is 1. The van der Waals surface area contributed by atoms with Crippen LogP contribution in [-0.4, -0.2) is 18.2 Å². The van der Waals surface area contributed by atoms with Crippen molar-refractivity contribution in [2.45, 2.75) is 13.3 Å². The molecule has 0 N–H and O–H groups in total. The molecule has 0 saturated carbocycles. The minimum absolute atomic E-state index is 0.556. The molecular weight excluding hydrogens is 126 g/mol. The van der Waals surface area contributed by atoms with Gasteiger partial charge < -0.3 is 9.64 Å². The van der Waals surface area contributed by atoms with Crippen molar-refractivity contribution < 1.29 is 4.74 Å². The molecule has 0 rings (SSSR count). The third kappa shape index (κ3) is 4.15. The molecule has 0 saturated heterocycles. The zero-order valence-electron chi connectivity index (χ0n) is 6.55. The van der Waals surface area contributed by atoms with Gasteiger partial charge in [0.1, 0.15) is 6.73 Å². The summed E-state index contributed by atoms with van der Waals surface area (Å²) in [5, 5.41) is 0. The van der Waals surface area contributed by atoms with E-state index in [2.05, 4.69) is 20.1 Å². The van der Waals surface area contributed by atoms with Gasteiger partial charge in [0.2, 0.25) is 0 Å². The van der Waals surface area contributed by atoms with Crippen molar-refractivity contribution in [1.29, 1.82) is 0 Å². The van der Waals surface area contributed by atoms with Crippen LogP contribution in [0, 0.1) is 0 Å². The van der Waals surface area contributed by atoms with Gasteiger partial charge in [-0.3, -0.25) is 0 Å². The third-order valence-electron chi connectivity index (χ3n) is 1.06. The molecule has 0 spiro atoms. The van der Waals surface area contributed by atoms with Crippen molar-refractivity contribution in [1.82, 2.24) is 4.90 Å². The van der Waals surface area contributed by atoms with E-state index >= 15 is 0 Å². The molecule has 0 aromatic rings. The van der Waals surface area contributed by atoms with E-state index in [1.807, 2.05) is 0 Å². The van der Waals surface area contributed by atoms with Gasteiger partial charge in [0.25, 0.3) is 0 Å². The lowest BCUT2D eigenvalue weighted by Gasteiger charge is -2.13. The van der Waals surface area contributed by atoms with E-state index in [-0.39, 0.29) is 0 Å². The molecule has 0 aliphatic carbocycles. The van der Waals surface area contributed by atoms with Crippen molar-refractivity contribution in [2.24, 2.45) is 0 Å². The van der Waals surface area contributed by atoms with E-state index in [1.54, 1.807) is 17.3 Å². The maximum absolute atomic E-state index is 5.21. The maximum atomic E-state index is 5.21. The van der Waals surface area contributed by atoms with Crippen molar-refractivity contribution in [3.63, 3.8) is 0 Å². The Morgan fingerprint density at radius 2 is 2.00 bits per heavy atom. The lowest BCUT2D eigenvalue weighted by Crippen LogP contribution is -2.13. The number of hydrogen-bond acceptors (Lipinski definition) is 2. The van der Waals surface area contributed by atoms with Crippen LogP contribution in [0.15, 0.2) is 25.6 Å². The molecule has 0 aliphatic rings. The molecule has 58 valence electrons. The minimum atomic E-state index is 0.556. The van der Waals surface area contributed by atoms with E-state index < -0.39 is 0 Å². The predicted molar refractivity (Wildman–Crippen MR) is 43.3 cm³/mol. The summed E-state index contributed by atoms with van der Waals surface area (Å²) in [6, 6.07) is 0. The fraction of sp³-hybridized carbons (Fsp3) is 0.500. The maximum Gasteiger partial charge on any atom is 0.122 e. The molecular formula is C8H15NO. The van der Waals surface area contributed by atoms with Crippen LogP contribution in [0.1, 0.15) is 13.3 Å². The first-order chi connectivity index (χ1) is 4.85. The molecule has 0 aromatic carbocycles. The Balaban J connectivity index is 3.25. The average Bonchev–Trinajstić information content (AvgIpc) is 1.99. The lowest BCUT2D eigenvalue weighted by molar-refractivity contribution is 0.0759. The summed E-state index contributed by atoms with van der Waals surface area (Å²) in [5.41, 5.74) is 0. The monoisotopic (exact) mass is 141 g/mol. The van der Waals surface area contributed by atoms with Crippen LogP contribution in [0.4, 0.5) is 0 Å². The Kier molecular flexibility index (Phi) is 5.88. The molecule has 2 nitrogen and oxygen atoms in total. The zero-order valence-corrected chi connectivity index (χ0v) is 6.55. The van der Waals surface area contributed by atoms with E-state index in [0.29, 0.717) is 6.73 Å². The van der Waals surface area contributed by atoms with Crippen molar-refractivity contribution in [2.75, 3.05) is 13.3 Å². The highest BCUT2D eigenvalue weighted by Gasteiger charge is 1.89. The van der Waals surface area contributed by atoms with Gasteiger partial charge in [0, 0.05) is 6.61 Å².